The number of nitriles is 1. The molecule has 2 aromatic rings. The zero-order valence-electron chi connectivity index (χ0n) is 14.0. The second-order valence-corrected chi connectivity index (χ2v) is 5.38. The van der Waals surface area contributed by atoms with Crippen LogP contribution in [0.5, 0.6) is 0 Å². The standard InChI is InChI=1S/C15H22N8/c1-5-7-11-10(9-16)15(23(4)20-11)19-18-13-12(8-6-2)21-22(3)14(13)17/h5-8,17H2,1-4H3. The fourth-order valence-corrected chi connectivity index (χ4v) is 2.41. The highest BCUT2D eigenvalue weighted by Gasteiger charge is 2.17. The zero-order valence-corrected chi connectivity index (χ0v) is 14.0. The van der Waals surface area contributed by atoms with Crippen LogP contribution < -0.4 is 5.73 Å². The Kier molecular flexibility index (Phi) is 5.11. The van der Waals surface area contributed by atoms with E-state index in [9.17, 15) is 5.26 Å². The van der Waals surface area contributed by atoms with Crippen molar-refractivity contribution in [3.63, 3.8) is 0 Å². The molecule has 0 bridgehead atoms. The summed E-state index contributed by atoms with van der Waals surface area (Å²) < 4.78 is 3.18. The van der Waals surface area contributed by atoms with E-state index in [1.54, 1.807) is 23.5 Å². The van der Waals surface area contributed by atoms with Crippen LogP contribution in [0.4, 0.5) is 17.3 Å². The van der Waals surface area contributed by atoms with Crippen LogP contribution in [0.15, 0.2) is 10.2 Å². The van der Waals surface area contributed by atoms with Gasteiger partial charge in [-0.15, -0.1) is 10.2 Å². The van der Waals surface area contributed by atoms with E-state index in [2.05, 4.69) is 33.4 Å². The first-order valence-corrected chi connectivity index (χ1v) is 7.72. The van der Waals surface area contributed by atoms with Crippen LogP contribution >= 0.6 is 0 Å². The maximum atomic E-state index is 9.39. The van der Waals surface area contributed by atoms with Gasteiger partial charge in [0.15, 0.2) is 11.5 Å². The van der Waals surface area contributed by atoms with E-state index in [-0.39, 0.29) is 0 Å². The average molecular weight is 314 g/mol. The van der Waals surface area contributed by atoms with Crippen LogP contribution in [-0.2, 0) is 26.9 Å². The van der Waals surface area contributed by atoms with Gasteiger partial charge in [-0.1, -0.05) is 26.7 Å². The van der Waals surface area contributed by atoms with Crippen molar-refractivity contribution in [3.05, 3.63) is 17.0 Å². The van der Waals surface area contributed by atoms with Gasteiger partial charge in [0, 0.05) is 14.1 Å². The third-order valence-electron chi connectivity index (χ3n) is 3.55. The normalized spacial score (nSPS) is 11.3. The van der Waals surface area contributed by atoms with Crippen LogP contribution in [0.3, 0.4) is 0 Å². The lowest BCUT2D eigenvalue weighted by molar-refractivity contribution is 0.731. The molecule has 2 aromatic heterocycles. The third kappa shape index (κ3) is 3.23. The van der Waals surface area contributed by atoms with Crippen LogP contribution in [0, 0.1) is 11.3 Å². The summed E-state index contributed by atoms with van der Waals surface area (Å²) in [4.78, 5) is 0. The number of nitrogens with two attached hydrogens (primary N) is 1. The third-order valence-corrected chi connectivity index (χ3v) is 3.55. The van der Waals surface area contributed by atoms with Crippen LogP contribution in [0.2, 0.25) is 0 Å². The lowest BCUT2D eigenvalue weighted by atomic mass is 10.2. The molecule has 0 amide bonds. The lowest BCUT2D eigenvalue weighted by Gasteiger charge is -1.96. The Morgan fingerprint density at radius 3 is 2.26 bits per heavy atom. The summed E-state index contributed by atoms with van der Waals surface area (Å²) in [6.07, 6.45) is 3.37. The number of rotatable bonds is 6. The van der Waals surface area contributed by atoms with E-state index in [1.165, 1.54) is 0 Å². The molecule has 0 spiro atoms. The summed E-state index contributed by atoms with van der Waals surface area (Å²) in [5.74, 6) is 0.910. The summed E-state index contributed by atoms with van der Waals surface area (Å²) in [6, 6.07) is 2.18. The first kappa shape index (κ1) is 16.7. The molecule has 0 aromatic carbocycles. The van der Waals surface area contributed by atoms with Gasteiger partial charge in [0.2, 0.25) is 0 Å². The molecule has 122 valence electrons. The van der Waals surface area contributed by atoms with Gasteiger partial charge in [-0.2, -0.15) is 15.5 Å². The van der Waals surface area contributed by atoms with E-state index in [0.717, 1.165) is 37.1 Å². The van der Waals surface area contributed by atoms with Crippen molar-refractivity contribution < 1.29 is 0 Å². The SMILES string of the molecule is CCCc1nn(C)c(N=Nc2c(CCC)nn(C)c2N)c1C#N. The number of aromatic nitrogens is 4. The second-order valence-electron chi connectivity index (χ2n) is 5.38. The molecule has 0 aliphatic heterocycles. The first-order valence-electron chi connectivity index (χ1n) is 7.72. The van der Waals surface area contributed by atoms with Crippen LogP contribution in [0.1, 0.15) is 43.6 Å². The Labute approximate surface area is 135 Å². The molecular formula is C15H22N8. The highest BCUT2D eigenvalue weighted by Crippen LogP contribution is 2.30. The van der Waals surface area contributed by atoms with Gasteiger partial charge in [-0.25, -0.2) is 4.68 Å². The van der Waals surface area contributed by atoms with Crippen molar-refractivity contribution in [1.82, 2.24) is 19.6 Å². The fraction of sp³-hybridized carbons (Fsp3) is 0.533. The molecule has 2 N–H and O–H groups in total. The van der Waals surface area contributed by atoms with Crippen molar-refractivity contribution in [3.8, 4) is 6.07 Å². The maximum absolute atomic E-state index is 9.39. The smallest absolute Gasteiger partial charge is 0.191 e. The molecule has 0 unspecified atom stereocenters. The van der Waals surface area contributed by atoms with Crippen molar-refractivity contribution in [2.75, 3.05) is 5.73 Å². The van der Waals surface area contributed by atoms with Crippen molar-refractivity contribution >= 4 is 17.3 Å². The lowest BCUT2D eigenvalue weighted by Crippen LogP contribution is -1.97. The quantitative estimate of drug-likeness (QED) is 0.826. The number of hydrogen-bond acceptors (Lipinski definition) is 6. The van der Waals surface area contributed by atoms with E-state index in [0.29, 0.717) is 22.9 Å². The maximum Gasteiger partial charge on any atom is 0.191 e. The van der Waals surface area contributed by atoms with Crippen molar-refractivity contribution in [2.24, 2.45) is 24.3 Å². The molecule has 0 saturated heterocycles. The topological polar surface area (TPSA) is 110 Å². The summed E-state index contributed by atoms with van der Waals surface area (Å²) in [6.45, 7) is 4.11. The molecule has 0 radical (unpaired) electrons. The van der Waals surface area contributed by atoms with Gasteiger partial charge in [-0.3, -0.25) is 4.68 Å². The molecule has 8 nitrogen and oxygen atoms in total. The van der Waals surface area contributed by atoms with Crippen LogP contribution in [-0.4, -0.2) is 19.6 Å². The number of aryl methyl sites for hydroxylation is 4. The van der Waals surface area contributed by atoms with Crippen molar-refractivity contribution in [2.45, 2.75) is 39.5 Å². The van der Waals surface area contributed by atoms with Crippen LogP contribution in [0.25, 0.3) is 0 Å². The number of azo groups is 1. The van der Waals surface area contributed by atoms with E-state index in [1.807, 2.05) is 6.92 Å². The molecule has 0 aliphatic carbocycles. The Balaban J connectivity index is 2.44. The van der Waals surface area contributed by atoms with E-state index < -0.39 is 0 Å². The minimum absolute atomic E-state index is 0.446. The van der Waals surface area contributed by atoms with Gasteiger partial charge >= 0.3 is 0 Å². The summed E-state index contributed by atoms with van der Waals surface area (Å²) in [5, 5.41) is 26.6. The number of hydrogen-bond donors (Lipinski definition) is 1. The minimum atomic E-state index is 0.446. The molecule has 0 saturated carbocycles. The summed E-state index contributed by atoms with van der Waals surface area (Å²) in [5.41, 5.74) is 8.62. The van der Waals surface area contributed by atoms with E-state index >= 15 is 0 Å². The van der Waals surface area contributed by atoms with E-state index in [4.69, 9.17) is 5.73 Å². The Morgan fingerprint density at radius 2 is 1.65 bits per heavy atom. The molecule has 8 heteroatoms. The number of nitrogen functional groups attached to an aromatic ring is 1. The molecule has 0 fully saturated rings. The van der Waals surface area contributed by atoms with Gasteiger partial charge in [0.1, 0.15) is 17.5 Å². The highest BCUT2D eigenvalue weighted by molar-refractivity contribution is 5.61. The molecule has 0 aliphatic rings. The average Bonchev–Trinajstić information content (AvgIpc) is 2.95. The Morgan fingerprint density at radius 1 is 1.04 bits per heavy atom. The molecule has 23 heavy (non-hydrogen) atoms. The molecular weight excluding hydrogens is 292 g/mol. The zero-order chi connectivity index (χ0) is 17.0. The Bertz CT molecular complexity index is 760. The minimum Gasteiger partial charge on any atom is -0.382 e. The van der Waals surface area contributed by atoms with Gasteiger partial charge in [0.25, 0.3) is 0 Å². The summed E-state index contributed by atoms with van der Waals surface area (Å²) in [7, 11) is 3.53. The van der Waals surface area contributed by atoms with Crippen molar-refractivity contribution in [1.29, 1.82) is 5.26 Å². The van der Waals surface area contributed by atoms with Gasteiger partial charge < -0.3 is 5.73 Å². The fourth-order valence-electron chi connectivity index (χ4n) is 2.41. The monoisotopic (exact) mass is 314 g/mol. The Hall–Kier alpha value is -2.69. The predicted octanol–water partition coefficient (Wildman–Crippen LogP) is 2.93. The highest BCUT2D eigenvalue weighted by atomic mass is 15.4. The molecule has 0 atom stereocenters. The molecule has 2 rings (SSSR count). The van der Waals surface area contributed by atoms with Gasteiger partial charge in [0.05, 0.1) is 11.4 Å². The largest absolute Gasteiger partial charge is 0.382 e. The first-order chi connectivity index (χ1) is 11.0. The molecule has 2 heterocycles. The number of anilines is 1. The predicted molar refractivity (Wildman–Crippen MR) is 87.7 cm³/mol. The van der Waals surface area contributed by atoms with Gasteiger partial charge in [-0.05, 0) is 12.8 Å². The number of nitrogens with zero attached hydrogens (tertiary/aromatic N) is 7. The second kappa shape index (κ2) is 7.05. The summed E-state index contributed by atoms with van der Waals surface area (Å²) >= 11 is 0.